The predicted octanol–water partition coefficient (Wildman–Crippen LogP) is 5.13. The van der Waals surface area contributed by atoms with E-state index in [0.717, 1.165) is 34.3 Å². The molecule has 0 atom stereocenters. The number of ether oxygens (including phenoxy) is 1. The second kappa shape index (κ2) is 8.61. The molecule has 2 aromatic rings. The van der Waals surface area contributed by atoms with Gasteiger partial charge in [0.1, 0.15) is 11.5 Å². The van der Waals surface area contributed by atoms with Crippen LogP contribution in [0.25, 0.3) is 5.57 Å². The van der Waals surface area contributed by atoms with Gasteiger partial charge in [-0.1, -0.05) is 36.9 Å². The van der Waals surface area contributed by atoms with Gasteiger partial charge in [-0.05, 0) is 76.9 Å². The van der Waals surface area contributed by atoms with Crippen LogP contribution in [0.1, 0.15) is 36.8 Å². The highest BCUT2D eigenvalue weighted by Gasteiger charge is 2.20. The normalized spacial score (nSPS) is 14.0. The summed E-state index contributed by atoms with van der Waals surface area (Å²) in [4.78, 5) is 11.5. The third kappa shape index (κ3) is 4.92. The van der Waals surface area contributed by atoms with E-state index in [4.69, 9.17) is 4.74 Å². The first kappa shape index (κ1) is 19.5. The molecule has 1 saturated carbocycles. The lowest BCUT2D eigenvalue weighted by atomic mass is 9.90. The lowest BCUT2D eigenvalue weighted by Gasteiger charge is -2.15. The Hall–Kier alpha value is -3.27. The molecule has 0 bridgehead atoms. The van der Waals surface area contributed by atoms with Crippen molar-refractivity contribution in [2.75, 3.05) is 7.11 Å². The number of esters is 1. The number of hydrogen-bond acceptors (Lipinski definition) is 4. The van der Waals surface area contributed by atoms with Gasteiger partial charge in [-0.15, -0.1) is 0 Å². The van der Waals surface area contributed by atoms with Crippen molar-refractivity contribution in [1.29, 1.82) is 0 Å². The summed E-state index contributed by atoms with van der Waals surface area (Å²) in [6, 6.07) is 14.1. The Kier molecular flexibility index (Phi) is 5.99. The topological polar surface area (TPSA) is 66.8 Å². The number of aromatic hydroxyl groups is 2. The number of hydrogen-bond donors (Lipinski definition) is 2. The Balaban J connectivity index is 2.07. The van der Waals surface area contributed by atoms with Gasteiger partial charge in [-0.3, -0.25) is 4.79 Å². The molecular weight excluding hydrogens is 352 g/mol. The van der Waals surface area contributed by atoms with Crippen molar-refractivity contribution < 1.29 is 19.7 Å². The first-order valence-corrected chi connectivity index (χ1v) is 9.25. The summed E-state index contributed by atoms with van der Waals surface area (Å²) in [6.45, 7) is 4.02. The van der Waals surface area contributed by atoms with Crippen molar-refractivity contribution >= 4 is 11.5 Å². The van der Waals surface area contributed by atoms with Crippen LogP contribution in [0.3, 0.4) is 0 Å². The molecule has 4 heteroatoms. The van der Waals surface area contributed by atoms with Crippen LogP contribution in [0.5, 0.6) is 11.5 Å². The van der Waals surface area contributed by atoms with E-state index in [9.17, 15) is 15.0 Å². The zero-order valence-corrected chi connectivity index (χ0v) is 15.9. The summed E-state index contributed by atoms with van der Waals surface area (Å²) in [5.41, 5.74) is 6.36. The van der Waals surface area contributed by atoms with Crippen LogP contribution in [0.2, 0.25) is 0 Å². The minimum Gasteiger partial charge on any atom is -0.508 e. The van der Waals surface area contributed by atoms with Gasteiger partial charge in [0, 0.05) is 6.42 Å². The summed E-state index contributed by atoms with van der Waals surface area (Å²) in [5, 5.41) is 19.4. The van der Waals surface area contributed by atoms with Crippen molar-refractivity contribution in [3.05, 3.63) is 89.0 Å². The Bertz CT molecular complexity index is 884. The molecule has 1 aliphatic rings. The van der Waals surface area contributed by atoms with Crippen LogP contribution < -0.4 is 0 Å². The van der Waals surface area contributed by atoms with Crippen molar-refractivity contribution in [2.45, 2.75) is 25.7 Å². The van der Waals surface area contributed by atoms with Crippen molar-refractivity contribution in [1.82, 2.24) is 0 Å². The fourth-order valence-electron chi connectivity index (χ4n) is 3.14. The van der Waals surface area contributed by atoms with Crippen LogP contribution in [0, 0.1) is 0 Å². The van der Waals surface area contributed by atoms with Gasteiger partial charge in [0.25, 0.3) is 0 Å². The van der Waals surface area contributed by atoms with Gasteiger partial charge >= 0.3 is 5.97 Å². The molecule has 0 aromatic heterocycles. The van der Waals surface area contributed by atoms with Crippen molar-refractivity contribution in [3.8, 4) is 11.5 Å². The van der Waals surface area contributed by atoms with E-state index < -0.39 is 0 Å². The highest BCUT2D eigenvalue weighted by atomic mass is 16.5. The molecule has 3 rings (SSSR count). The summed E-state index contributed by atoms with van der Waals surface area (Å²) in [6.07, 6.45) is 4.76. The zero-order valence-electron chi connectivity index (χ0n) is 15.9. The molecule has 0 saturated heterocycles. The van der Waals surface area contributed by atoms with E-state index in [-0.39, 0.29) is 17.5 Å². The van der Waals surface area contributed by atoms with Gasteiger partial charge in [-0.2, -0.15) is 0 Å². The Labute approximate surface area is 165 Å². The lowest BCUT2D eigenvalue weighted by molar-refractivity contribution is -0.140. The molecule has 1 aliphatic carbocycles. The molecule has 28 heavy (non-hydrogen) atoms. The fourth-order valence-corrected chi connectivity index (χ4v) is 3.14. The highest BCUT2D eigenvalue weighted by Crippen LogP contribution is 2.39. The van der Waals surface area contributed by atoms with Crippen LogP contribution in [0.15, 0.2) is 77.9 Å². The summed E-state index contributed by atoms with van der Waals surface area (Å²) in [5.74, 6) is 0.184. The summed E-state index contributed by atoms with van der Waals surface area (Å²) in [7, 11) is 1.40. The maximum absolute atomic E-state index is 11.5. The molecule has 144 valence electrons. The van der Waals surface area contributed by atoms with Crippen molar-refractivity contribution in [3.63, 3.8) is 0 Å². The van der Waals surface area contributed by atoms with Crippen LogP contribution in [0.4, 0.5) is 0 Å². The van der Waals surface area contributed by atoms with E-state index >= 15 is 0 Å². The number of benzene rings is 2. The molecule has 1 fully saturated rings. The van der Waals surface area contributed by atoms with Crippen LogP contribution in [-0.4, -0.2) is 23.3 Å². The molecular formula is C24H24O4. The first-order valence-electron chi connectivity index (χ1n) is 9.25. The van der Waals surface area contributed by atoms with Gasteiger partial charge < -0.3 is 14.9 Å². The number of carbonyl (C=O) groups excluding carboxylic acids is 1. The molecule has 0 amide bonds. The van der Waals surface area contributed by atoms with Gasteiger partial charge in [0.2, 0.25) is 0 Å². The molecule has 0 spiro atoms. The number of phenols is 2. The third-order valence-electron chi connectivity index (χ3n) is 4.77. The molecule has 2 aromatic carbocycles. The molecule has 0 heterocycles. The van der Waals surface area contributed by atoms with Crippen LogP contribution in [-0.2, 0) is 9.53 Å². The van der Waals surface area contributed by atoms with E-state index in [0.29, 0.717) is 19.3 Å². The quantitative estimate of drug-likeness (QED) is 0.658. The number of phenolic OH excluding ortho intramolecular Hbond substituents is 2. The second-order valence-corrected chi connectivity index (χ2v) is 6.87. The molecule has 0 radical (unpaired) electrons. The number of allylic oxidation sites excluding steroid dienone is 4. The predicted molar refractivity (Wildman–Crippen MR) is 110 cm³/mol. The Morgan fingerprint density at radius 3 is 1.93 bits per heavy atom. The van der Waals surface area contributed by atoms with E-state index in [1.165, 1.54) is 12.7 Å². The minimum absolute atomic E-state index is 0.204. The maximum atomic E-state index is 11.5. The average Bonchev–Trinajstić information content (AvgIpc) is 3.39. The maximum Gasteiger partial charge on any atom is 0.305 e. The standard InChI is InChI=1S/C24H24O4/c1-16-14-20(16)15-19(4-3-5-23(27)28-2)24(17-6-10-21(25)11-7-17)18-8-12-22(26)13-9-18/h6-13,15,25-26H,1,3-5,14H2,2H3/b20-15+. The summed E-state index contributed by atoms with van der Waals surface area (Å²) < 4.78 is 4.76. The smallest absolute Gasteiger partial charge is 0.305 e. The molecule has 0 aliphatic heterocycles. The molecule has 2 N–H and O–H groups in total. The SMILES string of the molecule is C=C1C/C1=C\C(CCCC(=O)OC)=C(c1ccc(O)cc1)c1ccc(O)cc1. The largest absolute Gasteiger partial charge is 0.508 e. The van der Waals surface area contributed by atoms with E-state index in [2.05, 4.69) is 12.7 Å². The lowest BCUT2D eigenvalue weighted by Crippen LogP contribution is -2.00. The van der Waals surface area contributed by atoms with Gasteiger partial charge in [-0.25, -0.2) is 0 Å². The first-order chi connectivity index (χ1) is 13.5. The Morgan fingerprint density at radius 1 is 1.00 bits per heavy atom. The number of carbonyl (C=O) groups is 1. The third-order valence-corrected chi connectivity index (χ3v) is 4.77. The fraction of sp³-hybridized carbons (Fsp3) is 0.208. The molecule has 0 unspecified atom stereocenters. The highest BCUT2D eigenvalue weighted by molar-refractivity contribution is 5.84. The van der Waals surface area contributed by atoms with Gasteiger partial charge in [0.15, 0.2) is 0 Å². The molecule has 4 nitrogen and oxygen atoms in total. The monoisotopic (exact) mass is 376 g/mol. The van der Waals surface area contributed by atoms with Gasteiger partial charge in [0.05, 0.1) is 7.11 Å². The second-order valence-electron chi connectivity index (χ2n) is 6.87. The zero-order chi connectivity index (χ0) is 20.1. The van der Waals surface area contributed by atoms with Crippen molar-refractivity contribution in [2.24, 2.45) is 0 Å². The summed E-state index contributed by atoms with van der Waals surface area (Å²) >= 11 is 0. The number of rotatable bonds is 7. The average molecular weight is 376 g/mol. The minimum atomic E-state index is -0.223. The Morgan fingerprint density at radius 2 is 1.50 bits per heavy atom. The van der Waals surface area contributed by atoms with E-state index in [1.807, 2.05) is 24.3 Å². The van der Waals surface area contributed by atoms with Crippen LogP contribution >= 0.6 is 0 Å². The van der Waals surface area contributed by atoms with E-state index in [1.54, 1.807) is 24.3 Å². The number of methoxy groups -OCH3 is 1.